The average molecular weight is 334 g/mol. The summed E-state index contributed by atoms with van der Waals surface area (Å²) in [6.45, 7) is 14.3. The third kappa shape index (κ3) is 3.89. The maximum Gasteiger partial charge on any atom is 0.331 e. The number of urea groups is 1. The molecule has 0 radical (unpaired) electrons. The van der Waals surface area contributed by atoms with Gasteiger partial charge in [-0.3, -0.25) is 14.8 Å². The molecule has 0 atom stereocenters. The van der Waals surface area contributed by atoms with Crippen LogP contribution in [-0.4, -0.2) is 33.6 Å². The van der Waals surface area contributed by atoms with Crippen molar-refractivity contribution < 1.29 is 4.79 Å². The Labute approximate surface area is 144 Å². The number of amidine groups is 1. The van der Waals surface area contributed by atoms with E-state index >= 15 is 0 Å². The molecule has 4 nitrogen and oxygen atoms in total. The lowest BCUT2D eigenvalue weighted by Crippen LogP contribution is -2.53. The van der Waals surface area contributed by atoms with Gasteiger partial charge in [0.25, 0.3) is 0 Å². The zero-order valence-corrected chi connectivity index (χ0v) is 16.0. The highest BCUT2D eigenvalue weighted by molar-refractivity contribution is 8.14. The summed E-state index contributed by atoms with van der Waals surface area (Å²) < 4.78 is 0. The first-order valence-corrected chi connectivity index (χ1v) is 9.00. The fraction of sp³-hybridized carbons (Fsp3) is 0.556. The van der Waals surface area contributed by atoms with E-state index < -0.39 is 0 Å². The van der Waals surface area contributed by atoms with E-state index in [1.807, 2.05) is 29.7 Å². The Bertz CT molecular complexity index is 611. The van der Waals surface area contributed by atoms with Gasteiger partial charge >= 0.3 is 6.03 Å². The van der Waals surface area contributed by atoms with E-state index in [0.29, 0.717) is 5.88 Å². The number of aliphatic imine (C=N–C) groups is 1. The first-order valence-electron chi connectivity index (χ1n) is 8.01. The first-order chi connectivity index (χ1) is 10.6. The number of hydrogen-bond donors (Lipinski definition) is 0. The topological polar surface area (TPSA) is 35.9 Å². The molecule has 0 unspecified atom stereocenters. The molecule has 0 aliphatic carbocycles. The van der Waals surface area contributed by atoms with Crippen LogP contribution in [0.1, 0.15) is 45.7 Å². The van der Waals surface area contributed by atoms with E-state index in [4.69, 9.17) is 4.99 Å². The predicted octanol–water partition coefficient (Wildman–Crippen LogP) is 4.80. The molecule has 1 fully saturated rings. The summed E-state index contributed by atoms with van der Waals surface area (Å²) in [6.07, 6.45) is 0. The molecule has 23 heavy (non-hydrogen) atoms. The maximum absolute atomic E-state index is 13.1. The van der Waals surface area contributed by atoms with Gasteiger partial charge in [-0.25, -0.2) is 4.79 Å². The molecule has 5 heteroatoms. The summed E-state index contributed by atoms with van der Waals surface area (Å²) >= 11 is 1.63. The summed E-state index contributed by atoms with van der Waals surface area (Å²) in [5, 5.41) is 0.819. The minimum atomic E-state index is -0.198. The highest BCUT2D eigenvalue weighted by atomic mass is 32.2. The lowest BCUT2D eigenvalue weighted by molar-refractivity contribution is 0.220. The molecule has 1 aliphatic rings. The van der Waals surface area contributed by atoms with Crippen LogP contribution in [0.2, 0.25) is 0 Å². The van der Waals surface area contributed by atoms with Crippen LogP contribution < -0.4 is 4.90 Å². The van der Waals surface area contributed by atoms with Crippen LogP contribution in [0, 0.1) is 13.8 Å². The average Bonchev–Trinajstić information content (AvgIpc) is 2.38. The molecular formula is C18H27N3OS. The summed E-state index contributed by atoms with van der Waals surface area (Å²) in [6, 6.07) is 6.22. The second kappa shape index (κ2) is 6.56. The molecule has 0 spiro atoms. The van der Waals surface area contributed by atoms with Crippen LogP contribution >= 0.6 is 11.8 Å². The monoisotopic (exact) mass is 333 g/mol. The number of thioether (sulfide) groups is 1. The van der Waals surface area contributed by atoms with Crippen molar-refractivity contribution in [2.45, 2.75) is 60.0 Å². The van der Waals surface area contributed by atoms with E-state index in [1.54, 1.807) is 11.8 Å². The van der Waals surface area contributed by atoms with Gasteiger partial charge in [0.15, 0.2) is 5.17 Å². The fourth-order valence-electron chi connectivity index (χ4n) is 2.67. The van der Waals surface area contributed by atoms with Gasteiger partial charge in [0, 0.05) is 6.04 Å². The van der Waals surface area contributed by atoms with Gasteiger partial charge < -0.3 is 0 Å². The summed E-state index contributed by atoms with van der Waals surface area (Å²) in [5.41, 5.74) is 3.07. The Balaban J connectivity index is 2.43. The number of carbonyl (C=O) groups is 1. The molecule has 0 saturated carbocycles. The van der Waals surface area contributed by atoms with Crippen molar-refractivity contribution in [2.24, 2.45) is 4.99 Å². The quantitative estimate of drug-likeness (QED) is 0.779. The second-order valence-corrected chi connectivity index (χ2v) is 8.17. The summed E-state index contributed by atoms with van der Waals surface area (Å²) in [7, 11) is 0. The highest BCUT2D eigenvalue weighted by Gasteiger charge is 2.35. The van der Waals surface area contributed by atoms with E-state index in [-0.39, 0.29) is 17.6 Å². The van der Waals surface area contributed by atoms with E-state index in [9.17, 15) is 4.79 Å². The normalized spacial score (nSPS) is 18.3. The minimum Gasteiger partial charge on any atom is -0.283 e. The number of amides is 2. The van der Waals surface area contributed by atoms with Crippen LogP contribution in [0.25, 0.3) is 0 Å². The molecule has 0 N–H and O–H groups in total. The molecule has 1 heterocycles. The van der Waals surface area contributed by atoms with Crippen LogP contribution in [0.5, 0.6) is 0 Å². The van der Waals surface area contributed by atoms with Crippen molar-refractivity contribution in [3.05, 3.63) is 29.3 Å². The third-order valence-corrected chi connectivity index (χ3v) is 4.56. The number of rotatable bonds is 2. The SMILES string of the molecule is Cc1cccc(C)c1N1CSC(=NC(C)(C)C)N(C(C)C)C1=O. The molecule has 1 aromatic carbocycles. The van der Waals surface area contributed by atoms with Crippen molar-refractivity contribution in [2.75, 3.05) is 10.8 Å². The van der Waals surface area contributed by atoms with Gasteiger partial charge in [-0.05, 0) is 59.6 Å². The second-order valence-electron chi connectivity index (χ2n) is 7.25. The van der Waals surface area contributed by atoms with Crippen LogP contribution in [-0.2, 0) is 0 Å². The number of aryl methyl sites for hydroxylation is 2. The van der Waals surface area contributed by atoms with Crippen molar-refractivity contribution >= 4 is 28.6 Å². The Kier molecular flexibility index (Phi) is 5.09. The largest absolute Gasteiger partial charge is 0.331 e. The van der Waals surface area contributed by atoms with Gasteiger partial charge in [-0.2, -0.15) is 0 Å². The zero-order valence-electron chi connectivity index (χ0n) is 15.2. The van der Waals surface area contributed by atoms with Gasteiger partial charge in [0.2, 0.25) is 0 Å². The molecular weight excluding hydrogens is 306 g/mol. The Morgan fingerprint density at radius 3 is 2.22 bits per heavy atom. The Morgan fingerprint density at radius 1 is 1.17 bits per heavy atom. The lowest BCUT2D eigenvalue weighted by Gasteiger charge is -2.39. The number of para-hydroxylation sites is 1. The van der Waals surface area contributed by atoms with Crippen LogP contribution in [0.3, 0.4) is 0 Å². The molecule has 126 valence electrons. The smallest absolute Gasteiger partial charge is 0.283 e. The molecule has 1 saturated heterocycles. The van der Waals surface area contributed by atoms with Gasteiger partial charge in [0.05, 0.1) is 17.1 Å². The molecule has 0 bridgehead atoms. The van der Waals surface area contributed by atoms with Crippen molar-refractivity contribution in [3.8, 4) is 0 Å². The number of anilines is 1. The van der Waals surface area contributed by atoms with E-state index in [2.05, 4.69) is 46.8 Å². The van der Waals surface area contributed by atoms with Gasteiger partial charge in [-0.15, -0.1) is 0 Å². The maximum atomic E-state index is 13.1. The standard InChI is InChI=1S/C18H27N3OS/c1-12(2)21-16(19-18(5,6)7)23-11-20(17(21)22)15-13(3)9-8-10-14(15)4/h8-10,12H,11H2,1-7H3. The van der Waals surface area contributed by atoms with Crippen molar-refractivity contribution in [1.29, 1.82) is 0 Å². The molecule has 0 aromatic heterocycles. The first kappa shape index (κ1) is 17.9. The third-order valence-electron chi connectivity index (χ3n) is 3.62. The Hall–Kier alpha value is -1.49. The van der Waals surface area contributed by atoms with E-state index in [1.165, 1.54) is 0 Å². The Morgan fingerprint density at radius 2 is 1.74 bits per heavy atom. The summed E-state index contributed by atoms with van der Waals surface area (Å²) in [4.78, 5) is 21.6. The van der Waals surface area contributed by atoms with Crippen molar-refractivity contribution in [3.63, 3.8) is 0 Å². The number of nitrogens with zero attached hydrogens (tertiary/aromatic N) is 3. The van der Waals surface area contributed by atoms with Crippen molar-refractivity contribution in [1.82, 2.24) is 4.90 Å². The molecule has 1 aliphatic heterocycles. The minimum absolute atomic E-state index is 0.0131. The molecule has 2 amide bonds. The van der Waals surface area contributed by atoms with Crippen LogP contribution in [0.4, 0.5) is 10.5 Å². The van der Waals surface area contributed by atoms with Gasteiger partial charge in [0.1, 0.15) is 0 Å². The molecule has 2 rings (SSSR count). The van der Waals surface area contributed by atoms with E-state index in [0.717, 1.165) is 22.0 Å². The fourth-order valence-corrected chi connectivity index (χ4v) is 3.92. The van der Waals surface area contributed by atoms with Gasteiger partial charge in [-0.1, -0.05) is 30.0 Å². The number of benzene rings is 1. The highest BCUT2D eigenvalue weighted by Crippen LogP contribution is 2.33. The molecule has 1 aromatic rings. The summed E-state index contributed by atoms with van der Waals surface area (Å²) in [5.74, 6) is 0.600. The number of hydrogen-bond acceptors (Lipinski definition) is 3. The lowest BCUT2D eigenvalue weighted by atomic mass is 10.1. The predicted molar refractivity (Wildman–Crippen MR) is 100 cm³/mol. The zero-order chi connectivity index (χ0) is 17.4. The van der Waals surface area contributed by atoms with Crippen LogP contribution in [0.15, 0.2) is 23.2 Å². The number of carbonyl (C=O) groups excluding carboxylic acids is 1.